The van der Waals surface area contributed by atoms with E-state index in [9.17, 15) is 39.6 Å². The van der Waals surface area contributed by atoms with Gasteiger partial charge in [0.15, 0.2) is 14.6 Å². The van der Waals surface area contributed by atoms with E-state index in [0.29, 0.717) is 12.1 Å². The molecule has 186 valence electrons. The molecule has 1 aliphatic heterocycles. The van der Waals surface area contributed by atoms with Gasteiger partial charge in [-0.1, -0.05) is 0 Å². The maximum Gasteiger partial charge on any atom is 0.416 e. The molecule has 0 aliphatic carbocycles. The third kappa shape index (κ3) is 4.98. The van der Waals surface area contributed by atoms with Gasteiger partial charge in [-0.05, 0) is 55.3 Å². The molecule has 0 bridgehead atoms. The summed E-state index contributed by atoms with van der Waals surface area (Å²) in [6.45, 7) is -0.129. The van der Waals surface area contributed by atoms with Gasteiger partial charge < -0.3 is 9.47 Å². The summed E-state index contributed by atoms with van der Waals surface area (Å²) < 4.78 is 113. The van der Waals surface area contributed by atoms with Crippen LogP contribution in [0.1, 0.15) is 24.0 Å². The van der Waals surface area contributed by atoms with E-state index in [4.69, 9.17) is 14.7 Å². The number of hydrogen-bond donors (Lipinski definition) is 2. The Bertz CT molecular complexity index is 1120. The van der Waals surface area contributed by atoms with Crippen molar-refractivity contribution < 1.29 is 54.2 Å². The predicted molar refractivity (Wildman–Crippen MR) is 103 cm³/mol. The van der Waals surface area contributed by atoms with Crippen molar-refractivity contribution in [3.8, 4) is 11.5 Å². The molecule has 2 aromatic carbocycles. The van der Waals surface area contributed by atoms with E-state index >= 15 is 0 Å². The molecular weight excluding hydrogens is 496 g/mol. The summed E-state index contributed by atoms with van der Waals surface area (Å²) in [5.74, 6) is -2.17. The molecule has 2 aromatic rings. The van der Waals surface area contributed by atoms with Crippen LogP contribution < -0.4 is 10.2 Å². The molecule has 34 heavy (non-hydrogen) atoms. The number of sulfone groups is 1. The molecule has 14 heteroatoms. The molecule has 1 heterocycles. The Balaban J connectivity index is 1.94. The highest BCUT2D eigenvalue weighted by Crippen LogP contribution is 2.40. The first-order chi connectivity index (χ1) is 15.7. The van der Waals surface area contributed by atoms with Gasteiger partial charge >= 0.3 is 12.4 Å². The normalized spacial score (nSPS) is 16.7. The quantitative estimate of drug-likeness (QED) is 0.350. The molecule has 7 nitrogen and oxygen atoms in total. The first kappa shape index (κ1) is 25.8. The average Bonchev–Trinajstić information content (AvgIpc) is 2.78. The van der Waals surface area contributed by atoms with Gasteiger partial charge in [0.1, 0.15) is 11.5 Å². The van der Waals surface area contributed by atoms with Crippen LogP contribution in [0.15, 0.2) is 47.4 Å². The smallest absolute Gasteiger partial charge is 0.416 e. The van der Waals surface area contributed by atoms with Gasteiger partial charge in [0.05, 0.1) is 16.0 Å². The number of amides is 1. The van der Waals surface area contributed by atoms with Crippen LogP contribution in [0.5, 0.6) is 11.5 Å². The van der Waals surface area contributed by atoms with Crippen LogP contribution in [-0.4, -0.2) is 37.5 Å². The Labute approximate surface area is 189 Å². The van der Waals surface area contributed by atoms with Crippen molar-refractivity contribution in [2.75, 3.05) is 13.2 Å². The zero-order valence-corrected chi connectivity index (χ0v) is 17.9. The maximum atomic E-state index is 13.2. The van der Waals surface area contributed by atoms with E-state index in [-0.39, 0.29) is 42.8 Å². The lowest BCUT2D eigenvalue weighted by Gasteiger charge is -2.34. The number of benzene rings is 2. The monoisotopic (exact) mass is 513 g/mol. The van der Waals surface area contributed by atoms with Gasteiger partial charge in [0.25, 0.3) is 5.91 Å². The lowest BCUT2D eigenvalue weighted by atomic mass is 9.98. The molecule has 1 amide bonds. The molecular formula is C20H17F6NO6S. The van der Waals surface area contributed by atoms with Crippen molar-refractivity contribution in [1.82, 2.24) is 5.48 Å². The second-order valence-corrected chi connectivity index (χ2v) is 9.63. The largest absolute Gasteiger partial charge is 0.457 e. The summed E-state index contributed by atoms with van der Waals surface area (Å²) >= 11 is 0. The highest BCUT2D eigenvalue weighted by molar-refractivity contribution is 7.93. The van der Waals surface area contributed by atoms with E-state index in [1.807, 2.05) is 0 Å². The van der Waals surface area contributed by atoms with E-state index in [2.05, 4.69) is 0 Å². The molecule has 0 spiro atoms. The topological polar surface area (TPSA) is 102 Å². The summed E-state index contributed by atoms with van der Waals surface area (Å²) in [6, 6.07) is 4.72. The second-order valence-electron chi connectivity index (χ2n) is 7.37. The first-order valence-electron chi connectivity index (χ1n) is 9.55. The summed E-state index contributed by atoms with van der Waals surface area (Å²) in [4.78, 5) is 11.9. The van der Waals surface area contributed by atoms with E-state index in [1.54, 1.807) is 0 Å². The van der Waals surface area contributed by atoms with Gasteiger partial charge in [-0.25, -0.2) is 13.9 Å². The van der Waals surface area contributed by atoms with Gasteiger partial charge in [-0.3, -0.25) is 10.0 Å². The number of halogens is 6. The number of carbonyl (C=O) groups is 1. The summed E-state index contributed by atoms with van der Waals surface area (Å²) in [7, 11) is -4.38. The molecule has 0 radical (unpaired) electrons. The minimum Gasteiger partial charge on any atom is -0.457 e. The van der Waals surface area contributed by atoms with E-state index < -0.39 is 49.7 Å². The third-order valence-electron chi connectivity index (χ3n) is 5.26. The van der Waals surface area contributed by atoms with Crippen molar-refractivity contribution >= 4 is 15.7 Å². The van der Waals surface area contributed by atoms with Crippen molar-refractivity contribution in [2.45, 2.75) is 34.8 Å². The minimum absolute atomic E-state index is 0.0535. The van der Waals surface area contributed by atoms with Gasteiger partial charge in [0, 0.05) is 13.2 Å². The van der Waals surface area contributed by atoms with Crippen LogP contribution in [0.3, 0.4) is 0 Å². The highest BCUT2D eigenvalue weighted by Gasteiger charge is 2.52. The predicted octanol–water partition coefficient (Wildman–Crippen LogP) is 4.34. The Hall–Kier alpha value is -2.84. The number of hydroxylamine groups is 1. The van der Waals surface area contributed by atoms with Gasteiger partial charge in [0.2, 0.25) is 0 Å². The molecule has 1 fully saturated rings. The van der Waals surface area contributed by atoms with Crippen LogP contribution in [0.25, 0.3) is 0 Å². The molecule has 1 aliphatic rings. The van der Waals surface area contributed by atoms with Gasteiger partial charge in [-0.2, -0.15) is 26.3 Å². The van der Waals surface area contributed by atoms with E-state index in [0.717, 1.165) is 24.3 Å². The Morgan fingerprint density at radius 3 is 1.85 bits per heavy atom. The number of nitrogens with one attached hydrogen (secondary N) is 1. The molecule has 0 atom stereocenters. The molecule has 0 saturated carbocycles. The zero-order valence-electron chi connectivity index (χ0n) is 17.0. The van der Waals surface area contributed by atoms with E-state index in [1.165, 1.54) is 5.48 Å². The molecule has 0 aromatic heterocycles. The molecule has 1 saturated heterocycles. The average molecular weight is 513 g/mol. The standard InChI is InChI=1S/C20H17F6NO6S/c21-19(22,23)12-9-13(20(24,25)26)11-15(10-12)33-14-1-3-16(4-2-14)34(30,31)18(17(28)27-29)5-7-32-8-6-18/h1-4,9-11,29H,5-8H2,(H,27,28). The Kier molecular flexibility index (Phi) is 6.88. The number of rotatable bonds is 5. The summed E-state index contributed by atoms with van der Waals surface area (Å²) in [6.07, 6.45) is -10.6. The Morgan fingerprint density at radius 2 is 1.41 bits per heavy atom. The first-order valence-corrected chi connectivity index (χ1v) is 11.0. The van der Waals surface area contributed by atoms with Crippen LogP contribution in [0.4, 0.5) is 26.3 Å². The van der Waals surface area contributed by atoms with Crippen LogP contribution in [-0.2, 0) is 31.7 Å². The van der Waals surface area contributed by atoms with Crippen molar-refractivity contribution in [3.05, 3.63) is 53.6 Å². The zero-order chi connectivity index (χ0) is 25.4. The molecule has 3 rings (SSSR count). The van der Waals surface area contributed by atoms with Crippen LogP contribution in [0.2, 0.25) is 0 Å². The fourth-order valence-electron chi connectivity index (χ4n) is 3.45. The molecule has 2 N–H and O–H groups in total. The minimum atomic E-state index is -5.07. The van der Waals surface area contributed by atoms with Crippen LogP contribution in [0, 0.1) is 0 Å². The lowest BCUT2D eigenvalue weighted by molar-refractivity contribution is -0.143. The Morgan fingerprint density at radius 1 is 0.912 bits per heavy atom. The van der Waals surface area contributed by atoms with Crippen molar-refractivity contribution in [3.63, 3.8) is 0 Å². The van der Waals surface area contributed by atoms with Crippen LogP contribution >= 0.6 is 0 Å². The highest BCUT2D eigenvalue weighted by atomic mass is 32.2. The number of carbonyl (C=O) groups excluding carboxylic acids is 1. The van der Waals surface area contributed by atoms with Gasteiger partial charge in [-0.15, -0.1) is 0 Å². The number of hydrogen-bond acceptors (Lipinski definition) is 6. The fraction of sp³-hybridized carbons (Fsp3) is 0.350. The number of alkyl halides is 6. The number of ether oxygens (including phenoxy) is 2. The molecule has 0 unspecified atom stereocenters. The van der Waals surface area contributed by atoms with Crippen molar-refractivity contribution in [1.29, 1.82) is 0 Å². The van der Waals surface area contributed by atoms with Crippen molar-refractivity contribution in [2.24, 2.45) is 0 Å². The SMILES string of the molecule is O=C(NO)C1(S(=O)(=O)c2ccc(Oc3cc(C(F)(F)F)cc(C(F)(F)F)c3)cc2)CCOCC1. The fourth-order valence-corrected chi connectivity index (χ4v) is 5.39. The second kappa shape index (κ2) is 9.07. The summed E-state index contributed by atoms with van der Waals surface area (Å²) in [5.41, 5.74) is -1.80. The lowest BCUT2D eigenvalue weighted by Crippen LogP contribution is -2.54. The summed E-state index contributed by atoms with van der Waals surface area (Å²) in [5, 5.41) is 9.04. The maximum absolute atomic E-state index is 13.2. The third-order valence-corrected chi connectivity index (χ3v) is 7.78.